The van der Waals surface area contributed by atoms with E-state index in [-0.39, 0.29) is 17.4 Å². The van der Waals surface area contributed by atoms with Crippen molar-refractivity contribution in [3.63, 3.8) is 0 Å². The summed E-state index contributed by atoms with van der Waals surface area (Å²) in [6.07, 6.45) is 0.797. The van der Waals surface area contributed by atoms with Gasteiger partial charge in [-0.3, -0.25) is 4.79 Å². The topological polar surface area (TPSA) is 40.5 Å². The van der Waals surface area contributed by atoms with Crippen LogP contribution in [0.15, 0.2) is 0 Å². The molecule has 2 atom stereocenters. The Balaban J connectivity index is 2.70. The number of aliphatic carboxylic acids is 1. The second-order valence-corrected chi connectivity index (χ2v) is 4.55. The molecule has 1 aliphatic carbocycles. The van der Waals surface area contributed by atoms with Crippen LogP contribution in [0, 0.1) is 11.3 Å². The van der Waals surface area contributed by atoms with Crippen LogP contribution in [0.3, 0.4) is 0 Å². The second-order valence-electron chi connectivity index (χ2n) is 4.55. The van der Waals surface area contributed by atoms with Crippen molar-refractivity contribution in [1.82, 2.24) is 4.90 Å². The zero-order chi connectivity index (χ0) is 9.52. The monoisotopic (exact) mass is 171 g/mol. The lowest BCUT2D eigenvalue weighted by molar-refractivity contribution is -0.157. The van der Waals surface area contributed by atoms with Crippen molar-refractivity contribution >= 4 is 5.97 Å². The molecule has 1 rings (SSSR count). The molecule has 0 aromatic carbocycles. The van der Waals surface area contributed by atoms with Crippen LogP contribution in [0.25, 0.3) is 0 Å². The van der Waals surface area contributed by atoms with Crippen LogP contribution in [-0.4, -0.2) is 36.1 Å². The van der Waals surface area contributed by atoms with E-state index in [1.807, 2.05) is 19.0 Å². The first-order valence-electron chi connectivity index (χ1n) is 4.25. The molecular weight excluding hydrogens is 154 g/mol. The predicted molar refractivity (Wildman–Crippen MR) is 47.0 cm³/mol. The van der Waals surface area contributed by atoms with Gasteiger partial charge in [-0.1, -0.05) is 13.8 Å². The Morgan fingerprint density at radius 2 is 2.00 bits per heavy atom. The van der Waals surface area contributed by atoms with Gasteiger partial charge in [-0.2, -0.15) is 0 Å². The minimum atomic E-state index is -0.659. The van der Waals surface area contributed by atoms with Gasteiger partial charge in [-0.25, -0.2) is 0 Å². The van der Waals surface area contributed by atoms with Crippen molar-refractivity contribution in [3.8, 4) is 0 Å². The average molecular weight is 171 g/mol. The van der Waals surface area contributed by atoms with Crippen LogP contribution in [-0.2, 0) is 4.79 Å². The molecule has 0 aromatic heterocycles. The molecule has 1 saturated carbocycles. The van der Waals surface area contributed by atoms with Crippen LogP contribution in [0.2, 0.25) is 0 Å². The fraction of sp³-hybridized carbons (Fsp3) is 0.889. The average Bonchev–Trinajstić information content (AvgIpc) is 1.81. The number of nitrogens with zero attached hydrogens (tertiary/aromatic N) is 1. The molecule has 2 unspecified atom stereocenters. The van der Waals surface area contributed by atoms with Crippen molar-refractivity contribution in [2.24, 2.45) is 11.3 Å². The first kappa shape index (κ1) is 9.52. The van der Waals surface area contributed by atoms with Gasteiger partial charge in [0.15, 0.2) is 0 Å². The molecule has 0 aliphatic heterocycles. The quantitative estimate of drug-likeness (QED) is 0.675. The number of carboxylic acids is 1. The lowest BCUT2D eigenvalue weighted by Crippen LogP contribution is -2.59. The van der Waals surface area contributed by atoms with Crippen LogP contribution in [0.1, 0.15) is 20.3 Å². The fourth-order valence-corrected chi connectivity index (χ4v) is 2.46. The molecule has 0 amide bonds. The molecule has 0 heterocycles. The summed E-state index contributed by atoms with van der Waals surface area (Å²) in [5.41, 5.74) is 0.159. The Kier molecular flexibility index (Phi) is 2.17. The van der Waals surface area contributed by atoms with E-state index < -0.39 is 5.97 Å². The van der Waals surface area contributed by atoms with Crippen LogP contribution in [0.4, 0.5) is 0 Å². The maximum atomic E-state index is 10.8. The van der Waals surface area contributed by atoms with Crippen molar-refractivity contribution < 1.29 is 9.90 Å². The van der Waals surface area contributed by atoms with Gasteiger partial charge in [-0.15, -0.1) is 0 Å². The molecule has 0 aromatic rings. The fourth-order valence-electron chi connectivity index (χ4n) is 2.46. The van der Waals surface area contributed by atoms with Gasteiger partial charge in [0.1, 0.15) is 0 Å². The minimum Gasteiger partial charge on any atom is -0.481 e. The van der Waals surface area contributed by atoms with E-state index in [1.54, 1.807) is 0 Å². The van der Waals surface area contributed by atoms with Gasteiger partial charge in [0.05, 0.1) is 5.92 Å². The Morgan fingerprint density at radius 3 is 2.17 bits per heavy atom. The number of hydrogen-bond donors (Lipinski definition) is 1. The molecular formula is C9H17NO2. The first-order valence-corrected chi connectivity index (χ1v) is 4.25. The van der Waals surface area contributed by atoms with Crippen molar-refractivity contribution in [1.29, 1.82) is 0 Å². The molecule has 0 spiro atoms. The molecule has 0 bridgehead atoms. The van der Waals surface area contributed by atoms with E-state index in [2.05, 4.69) is 13.8 Å². The molecule has 3 heteroatoms. The highest BCUT2D eigenvalue weighted by Crippen LogP contribution is 2.47. The molecule has 1 aliphatic rings. The smallest absolute Gasteiger partial charge is 0.308 e. The number of hydrogen-bond acceptors (Lipinski definition) is 2. The summed E-state index contributed by atoms with van der Waals surface area (Å²) in [7, 11) is 3.89. The van der Waals surface area contributed by atoms with Gasteiger partial charge in [0.25, 0.3) is 0 Å². The summed E-state index contributed by atoms with van der Waals surface area (Å²) in [6, 6.07) is 0.190. The van der Waals surface area contributed by atoms with E-state index >= 15 is 0 Å². The second kappa shape index (κ2) is 2.73. The SMILES string of the molecule is CN(C)C1C(C(=O)O)CC1(C)C. The molecule has 3 nitrogen and oxygen atoms in total. The van der Waals surface area contributed by atoms with E-state index in [0.29, 0.717) is 0 Å². The van der Waals surface area contributed by atoms with E-state index in [1.165, 1.54) is 0 Å². The summed E-state index contributed by atoms with van der Waals surface area (Å²) in [6.45, 7) is 4.24. The zero-order valence-corrected chi connectivity index (χ0v) is 8.16. The minimum absolute atomic E-state index is 0.159. The molecule has 0 saturated heterocycles. The number of carbonyl (C=O) groups is 1. The van der Waals surface area contributed by atoms with Crippen molar-refractivity contribution in [3.05, 3.63) is 0 Å². The Hall–Kier alpha value is -0.570. The Bertz CT molecular complexity index is 199. The summed E-state index contributed by atoms with van der Waals surface area (Å²) in [5.74, 6) is -0.831. The molecule has 70 valence electrons. The van der Waals surface area contributed by atoms with Crippen molar-refractivity contribution in [2.75, 3.05) is 14.1 Å². The Labute approximate surface area is 73.4 Å². The summed E-state index contributed by atoms with van der Waals surface area (Å²) in [5, 5.41) is 8.86. The highest BCUT2D eigenvalue weighted by Gasteiger charge is 2.51. The zero-order valence-electron chi connectivity index (χ0n) is 8.16. The van der Waals surface area contributed by atoms with Crippen LogP contribution < -0.4 is 0 Å². The molecule has 0 radical (unpaired) electrons. The van der Waals surface area contributed by atoms with Gasteiger partial charge in [-0.05, 0) is 25.9 Å². The summed E-state index contributed by atoms with van der Waals surface area (Å²) < 4.78 is 0. The largest absolute Gasteiger partial charge is 0.481 e. The van der Waals surface area contributed by atoms with E-state index in [4.69, 9.17) is 5.11 Å². The highest BCUT2D eigenvalue weighted by molar-refractivity contribution is 5.72. The van der Waals surface area contributed by atoms with Gasteiger partial charge >= 0.3 is 5.97 Å². The Morgan fingerprint density at radius 1 is 1.50 bits per heavy atom. The standard InChI is InChI=1S/C9H17NO2/c1-9(2)5-6(8(11)12)7(9)10(3)4/h6-7H,5H2,1-4H3,(H,11,12). The van der Waals surface area contributed by atoms with Crippen molar-refractivity contribution in [2.45, 2.75) is 26.3 Å². The lowest BCUT2D eigenvalue weighted by atomic mass is 9.59. The maximum absolute atomic E-state index is 10.8. The van der Waals surface area contributed by atoms with Crippen LogP contribution >= 0.6 is 0 Å². The molecule has 1 fully saturated rings. The third kappa shape index (κ3) is 1.33. The lowest BCUT2D eigenvalue weighted by Gasteiger charge is -2.52. The van der Waals surface area contributed by atoms with E-state index in [9.17, 15) is 4.79 Å². The normalized spacial score (nSPS) is 33.1. The third-order valence-corrected chi connectivity index (χ3v) is 2.80. The number of carboxylic acid groups (broad SMARTS) is 1. The maximum Gasteiger partial charge on any atom is 0.308 e. The number of rotatable bonds is 2. The van der Waals surface area contributed by atoms with Gasteiger partial charge in [0, 0.05) is 6.04 Å². The highest BCUT2D eigenvalue weighted by atomic mass is 16.4. The van der Waals surface area contributed by atoms with Gasteiger partial charge < -0.3 is 10.0 Å². The first-order chi connectivity index (χ1) is 5.36. The summed E-state index contributed by atoms with van der Waals surface area (Å²) >= 11 is 0. The van der Waals surface area contributed by atoms with Crippen LogP contribution in [0.5, 0.6) is 0 Å². The third-order valence-electron chi connectivity index (χ3n) is 2.80. The molecule has 12 heavy (non-hydrogen) atoms. The predicted octanol–water partition coefficient (Wildman–Crippen LogP) is 1.05. The summed E-state index contributed by atoms with van der Waals surface area (Å²) in [4.78, 5) is 12.8. The van der Waals surface area contributed by atoms with Gasteiger partial charge in [0.2, 0.25) is 0 Å². The van der Waals surface area contributed by atoms with E-state index in [0.717, 1.165) is 6.42 Å². The molecule has 1 N–H and O–H groups in total.